The molecule has 1 saturated heterocycles. The number of rotatable bonds is 5. The predicted octanol–water partition coefficient (Wildman–Crippen LogP) is 3.13. The van der Waals surface area contributed by atoms with Gasteiger partial charge in [0.1, 0.15) is 11.9 Å². The Labute approximate surface area is 141 Å². The Morgan fingerprint density at radius 3 is 2.48 bits per heavy atom. The summed E-state index contributed by atoms with van der Waals surface area (Å²) in [7, 11) is 0. The number of nitrogens with zero attached hydrogens (tertiary/aromatic N) is 1. The van der Waals surface area contributed by atoms with Crippen molar-refractivity contribution >= 4 is 12.0 Å². The quantitative estimate of drug-likeness (QED) is 0.901. The zero-order valence-electron chi connectivity index (χ0n) is 12.9. The van der Waals surface area contributed by atoms with Crippen LogP contribution in [0.1, 0.15) is 22.0 Å². The molecule has 0 unspecified atom stereocenters. The van der Waals surface area contributed by atoms with Gasteiger partial charge in [-0.15, -0.1) is 0 Å². The number of ether oxygens (including phenoxy) is 2. The smallest absolute Gasteiger partial charge is 0.429 e. The number of hydrogen-bond donors (Lipinski definition) is 1. The van der Waals surface area contributed by atoms with Crippen molar-refractivity contribution in [1.29, 1.82) is 0 Å². The summed E-state index contributed by atoms with van der Waals surface area (Å²) in [5, 5.41) is 1.07. The van der Waals surface area contributed by atoms with E-state index < -0.39 is 24.7 Å². The van der Waals surface area contributed by atoms with Crippen LogP contribution in [0.4, 0.5) is 13.6 Å². The largest absolute Gasteiger partial charge is 0.438 e. The number of hydrogen-bond acceptors (Lipinski definition) is 4. The molecule has 6 nitrogen and oxygen atoms in total. The number of alkyl halides is 2. The average molecular weight is 348 g/mol. The second kappa shape index (κ2) is 7.16. The maximum Gasteiger partial charge on any atom is 0.429 e. The molecule has 8 heteroatoms. The van der Waals surface area contributed by atoms with Crippen LogP contribution in [0.3, 0.4) is 0 Å². The Morgan fingerprint density at radius 2 is 1.84 bits per heavy atom. The van der Waals surface area contributed by atoms with Crippen LogP contribution in [0.25, 0.3) is 0 Å². The van der Waals surface area contributed by atoms with Gasteiger partial charge in [-0.25, -0.2) is 9.80 Å². The fourth-order valence-corrected chi connectivity index (χ4v) is 2.37. The number of amides is 2. The highest BCUT2D eigenvalue weighted by molar-refractivity contribution is 5.95. The highest BCUT2D eigenvalue weighted by Crippen LogP contribution is 2.27. The number of halogens is 2. The summed E-state index contributed by atoms with van der Waals surface area (Å²) in [5.74, 6) is -0.420. The lowest BCUT2D eigenvalue weighted by molar-refractivity contribution is -0.0498. The summed E-state index contributed by atoms with van der Waals surface area (Å²) < 4.78 is 33.8. The molecule has 0 radical (unpaired) electrons. The predicted molar refractivity (Wildman–Crippen MR) is 82.9 cm³/mol. The van der Waals surface area contributed by atoms with E-state index in [0.29, 0.717) is 11.1 Å². The van der Waals surface area contributed by atoms with Crippen molar-refractivity contribution in [2.24, 2.45) is 0 Å². The van der Waals surface area contributed by atoms with Crippen molar-refractivity contribution in [3.63, 3.8) is 0 Å². The zero-order chi connectivity index (χ0) is 17.8. The molecule has 0 aromatic heterocycles. The van der Waals surface area contributed by atoms with E-state index in [-0.39, 0.29) is 12.3 Å². The van der Waals surface area contributed by atoms with Gasteiger partial charge in [0.25, 0.3) is 5.91 Å². The van der Waals surface area contributed by atoms with E-state index in [1.54, 1.807) is 30.3 Å². The first kappa shape index (κ1) is 16.7. The molecule has 0 aliphatic carbocycles. The molecular weight excluding hydrogens is 334 g/mol. The van der Waals surface area contributed by atoms with E-state index in [2.05, 4.69) is 10.2 Å². The van der Waals surface area contributed by atoms with E-state index in [0.717, 1.165) is 5.01 Å². The lowest BCUT2D eigenvalue weighted by atomic mass is 10.1. The van der Waals surface area contributed by atoms with Gasteiger partial charge in [0, 0.05) is 5.56 Å². The minimum absolute atomic E-state index is 0.0114. The van der Waals surface area contributed by atoms with Crippen molar-refractivity contribution in [3.8, 4) is 5.75 Å². The van der Waals surface area contributed by atoms with Gasteiger partial charge in [-0.2, -0.15) is 8.78 Å². The van der Waals surface area contributed by atoms with Crippen molar-refractivity contribution in [1.82, 2.24) is 10.4 Å². The molecule has 1 N–H and O–H groups in total. The van der Waals surface area contributed by atoms with Gasteiger partial charge in [-0.05, 0) is 29.8 Å². The molecular formula is C17H14F2N2O4. The summed E-state index contributed by atoms with van der Waals surface area (Å²) >= 11 is 0. The Bertz CT molecular complexity index is 753. The standard InChI is InChI=1S/C17H14F2N2O4/c18-16(19)24-13-8-6-11(7-9-13)14-10-21(17(23)25-14)20-15(22)12-4-2-1-3-5-12/h1-9,14,16H,10H2,(H,20,22)/t14-/m0/s1. The molecule has 2 aromatic rings. The van der Waals surface area contributed by atoms with Crippen LogP contribution in [-0.4, -0.2) is 30.2 Å². The highest BCUT2D eigenvalue weighted by atomic mass is 19.3. The topological polar surface area (TPSA) is 67.9 Å². The van der Waals surface area contributed by atoms with Crippen molar-refractivity contribution in [3.05, 3.63) is 65.7 Å². The Balaban J connectivity index is 1.63. The second-order valence-electron chi connectivity index (χ2n) is 5.24. The van der Waals surface area contributed by atoms with Gasteiger partial charge in [0.2, 0.25) is 0 Å². The molecule has 2 aromatic carbocycles. The van der Waals surface area contributed by atoms with Crippen molar-refractivity contribution < 1.29 is 27.8 Å². The maximum atomic E-state index is 12.1. The van der Waals surface area contributed by atoms with Crippen LogP contribution in [-0.2, 0) is 4.74 Å². The fraction of sp³-hybridized carbons (Fsp3) is 0.176. The first-order valence-electron chi connectivity index (χ1n) is 7.42. The highest BCUT2D eigenvalue weighted by Gasteiger charge is 2.33. The molecule has 0 spiro atoms. The number of hydrazine groups is 1. The van der Waals surface area contributed by atoms with Gasteiger partial charge in [0.05, 0.1) is 6.54 Å². The van der Waals surface area contributed by atoms with Gasteiger partial charge < -0.3 is 9.47 Å². The monoisotopic (exact) mass is 348 g/mol. The fourth-order valence-electron chi connectivity index (χ4n) is 2.37. The van der Waals surface area contributed by atoms with Crippen LogP contribution in [0, 0.1) is 0 Å². The molecule has 1 heterocycles. The van der Waals surface area contributed by atoms with Crippen molar-refractivity contribution in [2.75, 3.05) is 6.54 Å². The first-order chi connectivity index (χ1) is 12.0. The molecule has 0 saturated carbocycles. The van der Waals surface area contributed by atoms with Crippen LogP contribution >= 0.6 is 0 Å². The van der Waals surface area contributed by atoms with Crippen LogP contribution < -0.4 is 10.2 Å². The Hall–Kier alpha value is -3.16. The lowest BCUT2D eigenvalue weighted by Crippen LogP contribution is -2.42. The second-order valence-corrected chi connectivity index (χ2v) is 5.24. The maximum absolute atomic E-state index is 12.1. The zero-order valence-corrected chi connectivity index (χ0v) is 12.9. The van der Waals surface area contributed by atoms with E-state index in [4.69, 9.17) is 4.74 Å². The molecule has 0 bridgehead atoms. The van der Waals surface area contributed by atoms with Crippen LogP contribution in [0.2, 0.25) is 0 Å². The number of benzene rings is 2. The number of nitrogens with one attached hydrogen (secondary N) is 1. The van der Waals surface area contributed by atoms with E-state index in [9.17, 15) is 18.4 Å². The van der Waals surface area contributed by atoms with E-state index >= 15 is 0 Å². The molecule has 3 rings (SSSR count). The molecule has 2 amide bonds. The summed E-state index contributed by atoms with van der Waals surface area (Å²) in [6, 6.07) is 14.2. The molecule has 1 aliphatic heterocycles. The van der Waals surface area contributed by atoms with Crippen molar-refractivity contribution in [2.45, 2.75) is 12.7 Å². The van der Waals surface area contributed by atoms with E-state index in [1.165, 1.54) is 24.3 Å². The normalized spacial score (nSPS) is 16.7. The summed E-state index contributed by atoms with van der Waals surface area (Å²) in [4.78, 5) is 24.0. The van der Waals surface area contributed by atoms with Crippen LogP contribution in [0.15, 0.2) is 54.6 Å². The minimum Gasteiger partial charge on any atom is -0.438 e. The Kier molecular flexibility index (Phi) is 4.78. The SMILES string of the molecule is O=C(NN1C[C@@H](c2ccc(OC(F)F)cc2)OC1=O)c1ccccc1. The third kappa shape index (κ3) is 4.03. The summed E-state index contributed by atoms with van der Waals surface area (Å²) in [6.45, 7) is -2.80. The van der Waals surface area contributed by atoms with Gasteiger partial charge in [-0.1, -0.05) is 30.3 Å². The molecule has 130 valence electrons. The molecule has 1 atom stereocenters. The van der Waals surface area contributed by atoms with Crippen LogP contribution in [0.5, 0.6) is 5.75 Å². The number of cyclic esters (lactones) is 1. The molecule has 1 aliphatic rings. The number of carbonyl (C=O) groups is 2. The average Bonchev–Trinajstić information content (AvgIpc) is 2.96. The minimum atomic E-state index is -2.90. The van der Waals surface area contributed by atoms with Gasteiger partial charge in [0.15, 0.2) is 0 Å². The summed E-state index contributed by atoms with van der Waals surface area (Å²) in [5.41, 5.74) is 3.49. The number of carbonyl (C=O) groups excluding carboxylic acids is 2. The lowest BCUT2D eigenvalue weighted by Gasteiger charge is -2.14. The third-order valence-corrected chi connectivity index (χ3v) is 3.56. The van der Waals surface area contributed by atoms with E-state index in [1.807, 2.05) is 0 Å². The Morgan fingerprint density at radius 1 is 1.16 bits per heavy atom. The third-order valence-electron chi connectivity index (χ3n) is 3.56. The first-order valence-corrected chi connectivity index (χ1v) is 7.42. The van der Waals surface area contributed by atoms with Gasteiger partial charge in [-0.3, -0.25) is 10.2 Å². The van der Waals surface area contributed by atoms with Gasteiger partial charge >= 0.3 is 12.7 Å². The summed E-state index contributed by atoms with van der Waals surface area (Å²) in [6.07, 6.45) is -1.31. The molecule has 1 fully saturated rings. The molecule has 25 heavy (non-hydrogen) atoms.